The molecule has 2 N–H and O–H groups in total. The second-order valence-electron chi connectivity index (χ2n) is 6.33. The van der Waals surface area contributed by atoms with Gasteiger partial charge in [-0.05, 0) is 42.9 Å². The molecule has 2 aromatic rings. The van der Waals surface area contributed by atoms with Crippen LogP contribution in [0, 0.1) is 6.92 Å². The van der Waals surface area contributed by atoms with Crippen molar-refractivity contribution in [3.8, 4) is 0 Å². The highest BCUT2D eigenvalue weighted by molar-refractivity contribution is 6.03. The highest BCUT2D eigenvalue weighted by atomic mass is 16.1. The molecule has 0 radical (unpaired) electrons. The van der Waals surface area contributed by atoms with Gasteiger partial charge in [-0.15, -0.1) is 0 Å². The van der Waals surface area contributed by atoms with Gasteiger partial charge in [0, 0.05) is 17.9 Å². The number of amides is 1. The molecule has 3 rings (SSSR count). The van der Waals surface area contributed by atoms with E-state index in [9.17, 15) is 4.79 Å². The average molecular weight is 310 g/mol. The Morgan fingerprint density at radius 1 is 1.26 bits per heavy atom. The summed E-state index contributed by atoms with van der Waals surface area (Å²) in [5, 5.41) is 6.23. The Labute approximate surface area is 136 Å². The molecule has 5 heteroatoms. The van der Waals surface area contributed by atoms with Crippen LogP contribution >= 0.6 is 0 Å². The van der Waals surface area contributed by atoms with Gasteiger partial charge in [0.25, 0.3) is 5.91 Å². The lowest BCUT2D eigenvalue weighted by atomic mass is 9.98. The topological polar surface area (TPSA) is 66.9 Å². The fourth-order valence-corrected chi connectivity index (χ4v) is 2.48. The molecule has 0 saturated heterocycles. The SMILES string of the molecule is Cc1cccc(C(C)C)c1NC(=O)c1ccnc(NC2CC2)n1. The lowest BCUT2D eigenvalue weighted by molar-refractivity contribution is 0.102. The molecule has 0 aliphatic heterocycles. The first-order chi connectivity index (χ1) is 11.0. The van der Waals surface area contributed by atoms with Crippen molar-refractivity contribution in [1.29, 1.82) is 0 Å². The smallest absolute Gasteiger partial charge is 0.274 e. The molecule has 23 heavy (non-hydrogen) atoms. The molecule has 5 nitrogen and oxygen atoms in total. The van der Waals surface area contributed by atoms with Crippen LogP contribution in [0.4, 0.5) is 11.6 Å². The lowest BCUT2D eigenvalue weighted by Crippen LogP contribution is -2.17. The quantitative estimate of drug-likeness (QED) is 0.883. The average Bonchev–Trinajstić information content (AvgIpc) is 3.33. The third-order valence-corrected chi connectivity index (χ3v) is 3.96. The van der Waals surface area contributed by atoms with E-state index in [1.165, 1.54) is 0 Å². The second-order valence-corrected chi connectivity index (χ2v) is 6.33. The predicted octanol–water partition coefficient (Wildman–Crippen LogP) is 3.74. The Morgan fingerprint density at radius 3 is 2.74 bits per heavy atom. The number of para-hydroxylation sites is 1. The molecule has 0 spiro atoms. The van der Waals surface area contributed by atoms with E-state index in [1.807, 2.05) is 25.1 Å². The van der Waals surface area contributed by atoms with E-state index >= 15 is 0 Å². The maximum Gasteiger partial charge on any atom is 0.274 e. The number of nitrogens with zero attached hydrogens (tertiary/aromatic N) is 2. The third-order valence-electron chi connectivity index (χ3n) is 3.96. The molecule has 0 bridgehead atoms. The fourth-order valence-electron chi connectivity index (χ4n) is 2.48. The van der Waals surface area contributed by atoms with E-state index < -0.39 is 0 Å². The minimum absolute atomic E-state index is 0.206. The summed E-state index contributed by atoms with van der Waals surface area (Å²) in [4.78, 5) is 21.1. The van der Waals surface area contributed by atoms with Crippen molar-refractivity contribution in [2.45, 2.75) is 45.6 Å². The van der Waals surface area contributed by atoms with Crippen LogP contribution < -0.4 is 10.6 Å². The standard InChI is InChI=1S/C18H22N4O/c1-11(2)14-6-4-5-12(3)16(14)22-17(23)15-9-10-19-18(21-15)20-13-7-8-13/h4-6,9-11,13H,7-8H2,1-3H3,(H,22,23)(H,19,20,21). The summed E-state index contributed by atoms with van der Waals surface area (Å²) in [5.74, 6) is 0.652. The van der Waals surface area contributed by atoms with E-state index in [4.69, 9.17) is 0 Å². The second kappa shape index (κ2) is 6.36. The summed E-state index contributed by atoms with van der Waals surface area (Å²) in [6.45, 7) is 6.24. The van der Waals surface area contributed by atoms with E-state index in [0.717, 1.165) is 29.7 Å². The van der Waals surface area contributed by atoms with Crippen LogP contribution in [0.3, 0.4) is 0 Å². The van der Waals surface area contributed by atoms with E-state index in [1.54, 1.807) is 12.3 Å². The lowest BCUT2D eigenvalue weighted by Gasteiger charge is -2.16. The first-order valence-electron chi connectivity index (χ1n) is 8.05. The monoisotopic (exact) mass is 310 g/mol. The molecular weight excluding hydrogens is 288 g/mol. The summed E-state index contributed by atoms with van der Waals surface area (Å²) in [5.41, 5.74) is 3.43. The van der Waals surface area contributed by atoms with Crippen LogP contribution in [0.15, 0.2) is 30.5 Å². The van der Waals surface area contributed by atoms with Crippen molar-refractivity contribution in [3.05, 3.63) is 47.3 Å². The summed E-state index contributed by atoms with van der Waals surface area (Å²) < 4.78 is 0. The zero-order valence-electron chi connectivity index (χ0n) is 13.8. The summed E-state index contributed by atoms with van der Waals surface area (Å²) >= 11 is 0. The number of hydrogen-bond acceptors (Lipinski definition) is 4. The largest absolute Gasteiger partial charge is 0.351 e. The van der Waals surface area contributed by atoms with Gasteiger partial charge in [-0.1, -0.05) is 32.0 Å². The van der Waals surface area contributed by atoms with Crippen molar-refractivity contribution < 1.29 is 4.79 Å². The molecule has 1 aromatic heterocycles. The van der Waals surface area contributed by atoms with Gasteiger partial charge in [0.1, 0.15) is 5.69 Å². The molecule has 1 heterocycles. The Balaban J connectivity index is 1.82. The number of aromatic nitrogens is 2. The van der Waals surface area contributed by atoms with Crippen LogP contribution in [0.25, 0.3) is 0 Å². The molecule has 1 aliphatic carbocycles. The first-order valence-corrected chi connectivity index (χ1v) is 8.05. The fraction of sp³-hybridized carbons (Fsp3) is 0.389. The minimum Gasteiger partial charge on any atom is -0.351 e. The maximum absolute atomic E-state index is 12.6. The third kappa shape index (κ3) is 3.67. The van der Waals surface area contributed by atoms with E-state index in [0.29, 0.717) is 23.6 Å². The number of benzene rings is 1. The highest BCUT2D eigenvalue weighted by Crippen LogP contribution is 2.28. The molecule has 120 valence electrons. The first kappa shape index (κ1) is 15.5. The zero-order valence-corrected chi connectivity index (χ0v) is 13.8. The van der Waals surface area contributed by atoms with Crippen LogP contribution in [-0.2, 0) is 0 Å². The van der Waals surface area contributed by atoms with Gasteiger partial charge in [-0.25, -0.2) is 9.97 Å². The molecule has 1 amide bonds. The van der Waals surface area contributed by atoms with Crippen molar-refractivity contribution in [2.75, 3.05) is 10.6 Å². The van der Waals surface area contributed by atoms with Crippen LogP contribution in [0.5, 0.6) is 0 Å². The molecule has 1 fully saturated rings. The molecule has 1 aliphatic rings. The van der Waals surface area contributed by atoms with Crippen LogP contribution in [0.1, 0.15) is 54.2 Å². The van der Waals surface area contributed by atoms with Crippen LogP contribution in [0.2, 0.25) is 0 Å². The van der Waals surface area contributed by atoms with Crippen molar-refractivity contribution in [2.24, 2.45) is 0 Å². The molecule has 1 aromatic carbocycles. The normalized spacial score (nSPS) is 13.9. The number of nitrogens with one attached hydrogen (secondary N) is 2. The van der Waals surface area contributed by atoms with Gasteiger partial charge in [0.15, 0.2) is 0 Å². The minimum atomic E-state index is -0.206. The Hall–Kier alpha value is -2.43. The number of carbonyl (C=O) groups is 1. The predicted molar refractivity (Wildman–Crippen MR) is 91.9 cm³/mol. The molecule has 1 saturated carbocycles. The van der Waals surface area contributed by atoms with Crippen molar-refractivity contribution in [3.63, 3.8) is 0 Å². The Morgan fingerprint density at radius 2 is 2.04 bits per heavy atom. The van der Waals surface area contributed by atoms with Gasteiger partial charge in [-0.2, -0.15) is 0 Å². The molecule has 0 unspecified atom stereocenters. The number of rotatable bonds is 5. The zero-order chi connectivity index (χ0) is 16.4. The molecular formula is C18H22N4O. The van der Waals surface area contributed by atoms with Gasteiger partial charge < -0.3 is 10.6 Å². The van der Waals surface area contributed by atoms with Crippen LogP contribution in [-0.4, -0.2) is 21.9 Å². The highest BCUT2D eigenvalue weighted by Gasteiger charge is 2.22. The van der Waals surface area contributed by atoms with E-state index in [-0.39, 0.29) is 5.91 Å². The van der Waals surface area contributed by atoms with E-state index in [2.05, 4.69) is 34.4 Å². The number of aryl methyl sites for hydroxylation is 1. The Bertz CT molecular complexity index is 723. The number of carbonyl (C=O) groups excluding carboxylic acids is 1. The van der Waals surface area contributed by atoms with Gasteiger partial charge in [0.2, 0.25) is 5.95 Å². The Kier molecular flexibility index (Phi) is 4.28. The van der Waals surface area contributed by atoms with Gasteiger partial charge >= 0.3 is 0 Å². The summed E-state index contributed by atoms with van der Waals surface area (Å²) in [6, 6.07) is 8.16. The van der Waals surface area contributed by atoms with Crippen molar-refractivity contribution in [1.82, 2.24) is 9.97 Å². The van der Waals surface area contributed by atoms with Gasteiger partial charge in [0.05, 0.1) is 0 Å². The van der Waals surface area contributed by atoms with Crippen molar-refractivity contribution >= 4 is 17.5 Å². The summed E-state index contributed by atoms with van der Waals surface area (Å²) in [6.07, 6.45) is 3.90. The number of anilines is 2. The summed E-state index contributed by atoms with van der Waals surface area (Å²) in [7, 11) is 0. The number of hydrogen-bond donors (Lipinski definition) is 2. The molecule has 0 atom stereocenters. The van der Waals surface area contributed by atoms with Gasteiger partial charge in [-0.3, -0.25) is 4.79 Å². The maximum atomic E-state index is 12.6.